The van der Waals surface area contributed by atoms with Crippen molar-refractivity contribution in [2.75, 3.05) is 26.7 Å². The summed E-state index contributed by atoms with van der Waals surface area (Å²) >= 11 is 0. The van der Waals surface area contributed by atoms with Crippen LogP contribution in [-0.4, -0.2) is 54.7 Å². The molecule has 6 nitrogen and oxygen atoms in total. The Kier molecular flexibility index (Phi) is 5.91. The molecule has 0 radical (unpaired) electrons. The van der Waals surface area contributed by atoms with Gasteiger partial charge in [-0.15, -0.1) is 0 Å². The fourth-order valence-electron chi connectivity index (χ4n) is 2.04. The number of carboxylic acids is 1. The number of nitrogens with one attached hydrogen (secondary N) is 2. The van der Waals surface area contributed by atoms with Gasteiger partial charge in [0.2, 0.25) is 0 Å². The van der Waals surface area contributed by atoms with E-state index < -0.39 is 11.9 Å². The Morgan fingerprint density at radius 1 is 1.44 bits per heavy atom. The second-order valence-corrected chi connectivity index (χ2v) is 4.94. The first-order valence-corrected chi connectivity index (χ1v) is 6.45. The van der Waals surface area contributed by atoms with Gasteiger partial charge < -0.3 is 20.6 Å². The topological polar surface area (TPSA) is 81.7 Å². The minimum atomic E-state index is -0.829. The molecule has 0 saturated carbocycles. The molecule has 1 saturated heterocycles. The number of hydrogen-bond donors (Lipinski definition) is 3. The molecule has 2 amide bonds. The van der Waals surface area contributed by atoms with Crippen LogP contribution < -0.4 is 10.6 Å². The number of rotatable bonds is 6. The van der Waals surface area contributed by atoms with E-state index >= 15 is 0 Å². The van der Waals surface area contributed by atoms with Crippen LogP contribution in [0.25, 0.3) is 0 Å². The first-order valence-electron chi connectivity index (χ1n) is 6.45. The van der Waals surface area contributed by atoms with Crippen LogP contribution in [-0.2, 0) is 4.79 Å². The number of amides is 2. The molecule has 3 N–H and O–H groups in total. The molecule has 1 aliphatic heterocycles. The molecule has 0 aliphatic carbocycles. The summed E-state index contributed by atoms with van der Waals surface area (Å²) in [5, 5.41) is 14.2. The molecule has 0 aromatic carbocycles. The number of aliphatic carboxylic acids is 1. The molecular weight excluding hydrogens is 234 g/mol. The van der Waals surface area contributed by atoms with Crippen LogP contribution in [0.4, 0.5) is 4.79 Å². The third-order valence-corrected chi connectivity index (χ3v) is 3.45. The van der Waals surface area contributed by atoms with E-state index in [0.717, 1.165) is 13.0 Å². The highest BCUT2D eigenvalue weighted by atomic mass is 16.4. The quantitative estimate of drug-likeness (QED) is 0.647. The molecule has 1 fully saturated rings. The van der Waals surface area contributed by atoms with Crippen molar-refractivity contribution in [3.8, 4) is 0 Å². The van der Waals surface area contributed by atoms with Crippen molar-refractivity contribution in [2.45, 2.75) is 32.2 Å². The number of likely N-dealkylation sites (tertiary alicyclic amines) is 1. The van der Waals surface area contributed by atoms with Crippen LogP contribution in [0.2, 0.25) is 0 Å². The Morgan fingerprint density at radius 2 is 2.17 bits per heavy atom. The Bertz CT molecular complexity index is 296. The van der Waals surface area contributed by atoms with E-state index in [1.54, 1.807) is 6.92 Å². The van der Waals surface area contributed by atoms with Crippen molar-refractivity contribution in [2.24, 2.45) is 5.92 Å². The zero-order valence-electron chi connectivity index (χ0n) is 11.1. The molecule has 0 aromatic rings. The van der Waals surface area contributed by atoms with E-state index in [2.05, 4.69) is 22.6 Å². The molecule has 1 rings (SSSR count). The van der Waals surface area contributed by atoms with Crippen LogP contribution in [0.15, 0.2) is 0 Å². The molecule has 2 atom stereocenters. The summed E-state index contributed by atoms with van der Waals surface area (Å²) in [6.45, 7) is 3.76. The predicted molar refractivity (Wildman–Crippen MR) is 68.5 cm³/mol. The lowest BCUT2D eigenvalue weighted by Gasteiger charge is -2.19. The molecule has 0 spiro atoms. The average Bonchev–Trinajstić information content (AvgIpc) is 2.72. The molecule has 104 valence electrons. The normalized spacial score (nSPS) is 21.6. The predicted octanol–water partition coefficient (Wildman–Crippen LogP) is 0.491. The monoisotopic (exact) mass is 257 g/mol. The molecule has 6 heteroatoms. The van der Waals surface area contributed by atoms with Crippen LogP contribution in [0.3, 0.4) is 0 Å². The van der Waals surface area contributed by atoms with Crippen molar-refractivity contribution >= 4 is 12.0 Å². The van der Waals surface area contributed by atoms with E-state index in [1.807, 2.05) is 0 Å². The molecule has 2 unspecified atom stereocenters. The Labute approximate surface area is 108 Å². The Hall–Kier alpha value is -1.30. The number of likely N-dealkylation sites (N-methyl/N-ethyl adjacent to an activating group) is 1. The number of carboxylic acid groups (broad SMARTS) is 1. The van der Waals surface area contributed by atoms with Gasteiger partial charge in [-0.05, 0) is 32.9 Å². The van der Waals surface area contributed by atoms with E-state index in [0.29, 0.717) is 25.6 Å². The maximum Gasteiger partial charge on any atom is 0.314 e. The van der Waals surface area contributed by atoms with Gasteiger partial charge in [-0.25, -0.2) is 4.79 Å². The highest BCUT2D eigenvalue weighted by molar-refractivity contribution is 5.74. The standard InChI is InChI=1S/C12H23N3O3/c1-9(11(16)17)5-6-13-12(18)14-8-10-4-3-7-15(10)2/h9-10H,3-8H2,1-2H3,(H,16,17)(H2,13,14,18). The van der Waals surface area contributed by atoms with E-state index in [-0.39, 0.29) is 6.03 Å². The SMILES string of the molecule is CC(CCNC(=O)NCC1CCCN1C)C(=O)O. The molecule has 0 bridgehead atoms. The average molecular weight is 257 g/mol. The van der Waals surface area contributed by atoms with Crippen molar-refractivity contribution < 1.29 is 14.7 Å². The second-order valence-electron chi connectivity index (χ2n) is 4.94. The summed E-state index contributed by atoms with van der Waals surface area (Å²) in [5.41, 5.74) is 0. The maximum atomic E-state index is 11.5. The minimum absolute atomic E-state index is 0.215. The van der Waals surface area contributed by atoms with Gasteiger partial charge in [0, 0.05) is 19.1 Å². The van der Waals surface area contributed by atoms with Crippen LogP contribution in [0.1, 0.15) is 26.2 Å². The van der Waals surface area contributed by atoms with Crippen molar-refractivity contribution in [1.29, 1.82) is 0 Å². The number of carbonyl (C=O) groups excluding carboxylic acids is 1. The lowest BCUT2D eigenvalue weighted by molar-refractivity contribution is -0.141. The van der Waals surface area contributed by atoms with Gasteiger partial charge in [0.25, 0.3) is 0 Å². The third-order valence-electron chi connectivity index (χ3n) is 3.45. The second kappa shape index (κ2) is 7.20. The molecule has 0 aromatic heterocycles. The zero-order chi connectivity index (χ0) is 13.5. The number of hydrogen-bond acceptors (Lipinski definition) is 3. The van der Waals surface area contributed by atoms with Crippen LogP contribution in [0.5, 0.6) is 0 Å². The van der Waals surface area contributed by atoms with E-state index in [1.165, 1.54) is 6.42 Å². The number of urea groups is 1. The summed E-state index contributed by atoms with van der Waals surface area (Å²) in [4.78, 5) is 24.3. The van der Waals surface area contributed by atoms with E-state index in [4.69, 9.17) is 5.11 Å². The Morgan fingerprint density at radius 3 is 2.72 bits per heavy atom. The zero-order valence-corrected chi connectivity index (χ0v) is 11.1. The largest absolute Gasteiger partial charge is 0.481 e. The fraction of sp³-hybridized carbons (Fsp3) is 0.833. The smallest absolute Gasteiger partial charge is 0.314 e. The van der Waals surface area contributed by atoms with Gasteiger partial charge in [0.1, 0.15) is 0 Å². The number of carbonyl (C=O) groups is 2. The summed E-state index contributed by atoms with van der Waals surface area (Å²) in [5.74, 6) is -1.25. The van der Waals surface area contributed by atoms with Gasteiger partial charge >= 0.3 is 12.0 Å². The minimum Gasteiger partial charge on any atom is -0.481 e. The maximum absolute atomic E-state index is 11.5. The van der Waals surface area contributed by atoms with Gasteiger partial charge in [-0.2, -0.15) is 0 Å². The molecule has 1 heterocycles. The molecule has 18 heavy (non-hydrogen) atoms. The van der Waals surface area contributed by atoms with Crippen molar-refractivity contribution in [3.05, 3.63) is 0 Å². The molecule has 1 aliphatic rings. The summed E-state index contributed by atoms with van der Waals surface area (Å²) < 4.78 is 0. The van der Waals surface area contributed by atoms with Gasteiger partial charge in [0.05, 0.1) is 5.92 Å². The van der Waals surface area contributed by atoms with Crippen molar-refractivity contribution in [3.63, 3.8) is 0 Å². The van der Waals surface area contributed by atoms with Gasteiger partial charge in [-0.3, -0.25) is 4.79 Å². The molecular formula is C12H23N3O3. The Balaban J connectivity index is 2.08. The highest BCUT2D eigenvalue weighted by Crippen LogP contribution is 2.13. The first-order chi connectivity index (χ1) is 8.50. The van der Waals surface area contributed by atoms with Gasteiger partial charge in [-0.1, -0.05) is 6.92 Å². The first kappa shape index (κ1) is 14.8. The fourth-order valence-corrected chi connectivity index (χ4v) is 2.04. The van der Waals surface area contributed by atoms with Gasteiger partial charge in [0.15, 0.2) is 0 Å². The summed E-state index contributed by atoms with van der Waals surface area (Å²) in [6, 6.07) is 0.210. The van der Waals surface area contributed by atoms with E-state index in [9.17, 15) is 9.59 Å². The summed E-state index contributed by atoms with van der Waals surface area (Å²) in [6.07, 6.45) is 2.75. The lowest BCUT2D eigenvalue weighted by atomic mass is 10.1. The number of nitrogens with zero attached hydrogens (tertiary/aromatic N) is 1. The van der Waals surface area contributed by atoms with Crippen molar-refractivity contribution in [1.82, 2.24) is 15.5 Å². The summed E-state index contributed by atoms with van der Waals surface area (Å²) in [7, 11) is 2.06. The highest BCUT2D eigenvalue weighted by Gasteiger charge is 2.20. The van der Waals surface area contributed by atoms with Crippen LogP contribution >= 0.6 is 0 Å². The third kappa shape index (κ3) is 4.91. The lowest BCUT2D eigenvalue weighted by Crippen LogP contribution is -2.43. The van der Waals surface area contributed by atoms with Crippen LogP contribution in [0, 0.1) is 5.92 Å².